The quantitative estimate of drug-likeness (QED) is 0.680. The molecule has 0 fully saturated rings. The van der Waals surface area contributed by atoms with Gasteiger partial charge in [0.2, 0.25) is 0 Å². The van der Waals surface area contributed by atoms with Crippen LogP contribution in [-0.2, 0) is 13.5 Å². The molecular weight excluding hydrogens is 222 g/mol. The molecule has 0 saturated heterocycles. The Hall–Kier alpha value is -0.830. The standard InChI is InChI=1S/C15H29N3/c1-5-8-9-10-11-14(16-7-3)15-12-13(6-2)17-18(15)4/h12,14,16H,5-11H2,1-4H3. The third-order valence-electron chi connectivity index (χ3n) is 3.48. The minimum atomic E-state index is 0.463. The molecule has 3 nitrogen and oxygen atoms in total. The monoisotopic (exact) mass is 251 g/mol. The highest BCUT2D eigenvalue weighted by atomic mass is 15.3. The maximum absolute atomic E-state index is 4.55. The van der Waals surface area contributed by atoms with Gasteiger partial charge in [-0.05, 0) is 25.5 Å². The van der Waals surface area contributed by atoms with Gasteiger partial charge in [0.05, 0.1) is 11.4 Å². The van der Waals surface area contributed by atoms with Gasteiger partial charge in [-0.2, -0.15) is 5.10 Å². The average molecular weight is 251 g/mol. The molecule has 0 aromatic carbocycles. The topological polar surface area (TPSA) is 29.9 Å². The molecule has 1 aromatic rings. The van der Waals surface area contributed by atoms with Gasteiger partial charge in [0, 0.05) is 13.1 Å². The highest BCUT2D eigenvalue weighted by molar-refractivity contribution is 5.14. The van der Waals surface area contributed by atoms with Crippen LogP contribution in [0.2, 0.25) is 0 Å². The normalized spacial score (nSPS) is 12.9. The van der Waals surface area contributed by atoms with E-state index < -0.39 is 0 Å². The van der Waals surface area contributed by atoms with Gasteiger partial charge in [-0.25, -0.2) is 0 Å². The van der Waals surface area contributed by atoms with E-state index in [0.717, 1.165) is 13.0 Å². The first-order chi connectivity index (χ1) is 8.72. The molecule has 0 radical (unpaired) electrons. The third kappa shape index (κ3) is 4.45. The molecule has 0 aliphatic rings. The van der Waals surface area contributed by atoms with E-state index in [1.807, 2.05) is 4.68 Å². The maximum Gasteiger partial charge on any atom is 0.0625 e. The van der Waals surface area contributed by atoms with Crippen molar-refractivity contribution in [3.63, 3.8) is 0 Å². The molecule has 0 aliphatic heterocycles. The number of unbranched alkanes of at least 4 members (excludes halogenated alkanes) is 3. The van der Waals surface area contributed by atoms with Crippen LogP contribution in [0.4, 0.5) is 0 Å². The van der Waals surface area contributed by atoms with Crippen LogP contribution < -0.4 is 5.32 Å². The molecule has 1 heterocycles. The Kier molecular flexibility index (Phi) is 7.02. The van der Waals surface area contributed by atoms with Crippen molar-refractivity contribution in [2.75, 3.05) is 6.54 Å². The Morgan fingerprint density at radius 1 is 1.22 bits per heavy atom. The second kappa shape index (κ2) is 8.30. The minimum Gasteiger partial charge on any atom is -0.309 e. The molecule has 0 aliphatic carbocycles. The highest BCUT2D eigenvalue weighted by Gasteiger charge is 2.15. The zero-order valence-electron chi connectivity index (χ0n) is 12.5. The second-order valence-electron chi connectivity index (χ2n) is 5.00. The molecule has 1 atom stereocenters. The van der Waals surface area contributed by atoms with Crippen molar-refractivity contribution in [1.82, 2.24) is 15.1 Å². The Labute approximate surface area is 112 Å². The molecular formula is C15H29N3. The Morgan fingerprint density at radius 3 is 2.56 bits per heavy atom. The number of aromatic nitrogens is 2. The first-order valence-electron chi connectivity index (χ1n) is 7.49. The van der Waals surface area contributed by atoms with E-state index in [1.54, 1.807) is 0 Å². The maximum atomic E-state index is 4.55. The fourth-order valence-corrected chi connectivity index (χ4v) is 2.42. The van der Waals surface area contributed by atoms with Gasteiger partial charge in [0.15, 0.2) is 0 Å². The number of rotatable bonds is 9. The summed E-state index contributed by atoms with van der Waals surface area (Å²) in [5, 5.41) is 8.15. The molecule has 0 amide bonds. The molecule has 18 heavy (non-hydrogen) atoms. The summed E-state index contributed by atoms with van der Waals surface area (Å²) in [5.74, 6) is 0. The average Bonchev–Trinajstić information content (AvgIpc) is 2.74. The Morgan fingerprint density at radius 2 is 2.00 bits per heavy atom. The highest BCUT2D eigenvalue weighted by Crippen LogP contribution is 2.21. The molecule has 1 N–H and O–H groups in total. The molecule has 0 saturated carbocycles. The van der Waals surface area contributed by atoms with Crippen LogP contribution in [0.25, 0.3) is 0 Å². The lowest BCUT2D eigenvalue weighted by Gasteiger charge is -2.18. The smallest absolute Gasteiger partial charge is 0.0625 e. The molecule has 104 valence electrons. The summed E-state index contributed by atoms with van der Waals surface area (Å²) >= 11 is 0. The summed E-state index contributed by atoms with van der Waals surface area (Å²) in [6, 6.07) is 2.72. The van der Waals surface area contributed by atoms with Gasteiger partial charge >= 0.3 is 0 Å². The fourth-order valence-electron chi connectivity index (χ4n) is 2.42. The van der Waals surface area contributed by atoms with Crippen molar-refractivity contribution in [2.45, 2.75) is 65.3 Å². The predicted octanol–water partition coefficient (Wildman–Crippen LogP) is 3.60. The van der Waals surface area contributed by atoms with Gasteiger partial charge in [0.1, 0.15) is 0 Å². The molecule has 1 unspecified atom stereocenters. The second-order valence-corrected chi connectivity index (χ2v) is 5.00. The molecule has 0 spiro atoms. The van der Waals surface area contributed by atoms with Crippen LogP contribution in [0.15, 0.2) is 6.07 Å². The van der Waals surface area contributed by atoms with E-state index in [1.165, 1.54) is 43.5 Å². The predicted molar refractivity (Wildman–Crippen MR) is 77.8 cm³/mol. The van der Waals surface area contributed by atoms with E-state index in [-0.39, 0.29) is 0 Å². The van der Waals surface area contributed by atoms with Crippen LogP contribution >= 0.6 is 0 Å². The van der Waals surface area contributed by atoms with Crippen molar-refractivity contribution >= 4 is 0 Å². The van der Waals surface area contributed by atoms with E-state index >= 15 is 0 Å². The summed E-state index contributed by atoms with van der Waals surface area (Å²) in [6.45, 7) is 7.62. The minimum absolute atomic E-state index is 0.463. The summed E-state index contributed by atoms with van der Waals surface area (Å²) in [5.41, 5.74) is 2.54. The summed E-state index contributed by atoms with van der Waals surface area (Å²) in [6.07, 6.45) is 7.54. The van der Waals surface area contributed by atoms with Gasteiger partial charge in [0.25, 0.3) is 0 Å². The molecule has 1 rings (SSSR count). The molecule has 1 aromatic heterocycles. The SMILES string of the molecule is CCCCCCC(NCC)c1cc(CC)nn1C. The largest absolute Gasteiger partial charge is 0.309 e. The van der Waals surface area contributed by atoms with Crippen molar-refractivity contribution in [3.05, 3.63) is 17.5 Å². The summed E-state index contributed by atoms with van der Waals surface area (Å²) in [7, 11) is 2.06. The first kappa shape index (κ1) is 15.2. The van der Waals surface area contributed by atoms with Crippen molar-refractivity contribution in [3.8, 4) is 0 Å². The van der Waals surface area contributed by atoms with Gasteiger partial charge in [-0.3, -0.25) is 4.68 Å². The number of aryl methyl sites for hydroxylation is 2. The number of hydrogen-bond acceptors (Lipinski definition) is 2. The van der Waals surface area contributed by atoms with Gasteiger partial charge in [-0.15, -0.1) is 0 Å². The lowest BCUT2D eigenvalue weighted by Crippen LogP contribution is -2.23. The van der Waals surface area contributed by atoms with Crippen molar-refractivity contribution < 1.29 is 0 Å². The van der Waals surface area contributed by atoms with Crippen LogP contribution in [0.1, 0.15) is 70.3 Å². The zero-order valence-corrected chi connectivity index (χ0v) is 12.5. The zero-order chi connectivity index (χ0) is 13.4. The summed E-state index contributed by atoms with van der Waals surface area (Å²) < 4.78 is 2.05. The summed E-state index contributed by atoms with van der Waals surface area (Å²) in [4.78, 5) is 0. The van der Waals surface area contributed by atoms with Crippen LogP contribution in [-0.4, -0.2) is 16.3 Å². The van der Waals surface area contributed by atoms with E-state index in [0.29, 0.717) is 6.04 Å². The molecule has 3 heteroatoms. The van der Waals surface area contributed by atoms with Gasteiger partial charge in [-0.1, -0.05) is 46.5 Å². The number of nitrogens with one attached hydrogen (secondary N) is 1. The van der Waals surface area contributed by atoms with Crippen LogP contribution in [0, 0.1) is 0 Å². The number of hydrogen-bond donors (Lipinski definition) is 1. The Balaban J connectivity index is 2.61. The van der Waals surface area contributed by atoms with E-state index in [9.17, 15) is 0 Å². The lowest BCUT2D eigenvalue weighted by molar-refractivity contribution is 0.455. The van der Waals surface area contributed by atoms with E-state index in [2.05, 4.69) is 44.3 Å². The Bertz CT molecular complexity index is 330. The third-order valence-corrected chi connectivity index (χ3v) is 3.48. The lowest BCUT2D eigenvalue weighted by atomic mass is 10.0. The van der Waals surface area contributed by atoms with Crippen molar-refractivity contribution in [2.24, 2.45) is 7.05 Å². The van der Waals surface area contributed by atoms with Gasteiger partial charge < -0.3 is 5.32 Å². The van der Waals surface area contributed by atoms with Crippen LogP contribution in [0.5, 0.6) is 0 Å². The van der Waals surface area contributed by atoms with Crippen molar-refractivity contribution in [1.29, 1.82) is 0 Å². The first-order valence-corrected chi connectivity index (χ1v) is 7.49. The fraction of sp³-hybridized carbons (Fsp3) is 0.800. The van der Waals surface area contributed by atoms with Crippen LogP contribution in [0.3, 0.4) is 0 Å². The van der Waals surface area contributed by atoms with E-state index in [4.69, 9.17) is 0 Å². The molecule has 0 bridgehead atoms. The number of nitrogens with zero attached hydrogens (tertiary/aromatic N) is 2.